The summed E-state index contributed by atoms with van der Waals surface area (Å²) in [6.07, 6.45) is 3.04. The average Bonchev–Trinajstić information content (AvgIpc) is 2.62. The third kappa shape index (κ3) is 4.98. The van der Waals surface area contributed by atoms with E-state index < -0.39 is 0 Å². The number of phenols is 1. The normalized spacial score (nSPS) is 16.0. The van der Waals surface area contributed by atoms with Crippen molar-refractivity contribution < 1.29 is 14.2 Å². The summed E-state index contributed by atoms with van der Waals surface area (Å²) in [5.74, 6) is 1.59. The first-order chi connectivity index (χ1) is 12.5. The summed E-state index contributed by atoms with van der Waals surface area (Å²) >= 11 is 0. The van der Waals surface area contributed by atoms with E-state index in [0.29, 0.717) is 18.3 Å². The molecule has 1 aliphatic rings. The van der Waals surface area contributed by atoms with E-state index in [-0.39, 0.29) is 5.82 Å². The molecule has 0 spiro atoms. The van der Waals surface area contributed by atoms with Gasteiger partial charge >= 0.3 is 0 Å². The van der Waals surface area contributed by atoms with E-state index in [1.807, 2.05) is 32.0 Å². The molecule has 2 aromatic carbocycles. The first-order valence-corrected chi connectivity index (χ1v) is 9.41. The lowest BCUT2D eigenvalue weighted by molar-refractivity contribution is 0.154. The lowest BCUT2D eigenvalue weighted by Crippen LogP contribution is -2.37. The molecule has 4 heteroatoms. The molecular formula is C22H28FNO2. The van der Waals surface area contributed by atoms with Gasteiger partial charge in [-0.15, -0.1) is 0 Å². The number of aromatic hydroxyl groups is 1. The van der Waals surface area contributed by atoms with Crippen molar-refractivity contribution in [3.8, 4) is 11.5 Å². The van der Waals surface area contributed by atoms with Gasteiger partial charge in [-0.3, -0.25) is 4.90 Å². The zero-order valence-electron chi connectivity index (χ0n) is 15.7. The smallest absolute Gasteiger partial charge is 0.126 e. The molecule has 2 aromatic rings. The van der Waals surface area contributed by atoms with Crippen molar-refractivity contribution in [3.05, 3.63) is 58.9 Å². The van der Waals surface area contributed by atoms with Gasteiger partial charge in [-0.25, -0.2) is 4.39 Å². The van der Waals surface area contributed by atoms with Gasteiger partial charge in [0.05, 0.1) is 0 Å². The molecule has 0 saturated carbocycles. The Bertz CT molecular complexity index is 739. The Morgan fingerprint density at radius 2 is 1.88 bits per heavy atom. The third-order valence-electron chi connectivity index (χ3n) is 5.27. The molecule has 1 N–H and O–H groups in total. The van der Waals surface area contributed by atoms with Crippen LogP contribution in [0, 0.1) is 25.6 Å². The molecule has 140 valence electrons. The highest BCUT2D eigenvalue weighted by Gasteiger charge is 2.20. The molecule has 0 unspecified atom stereocenters. The van der Waals surface area contributed by atoms with Crippen LogP contribution in [0.2, 0.25) is 0 Å². The molecule has 3 rings (SSSR count). The molecule has 0 bridgehead atoms. The fraction of sp³-hybridized carbons (Fsp3) is 0.455. The highest BCUT2D eigenvalue weighted by Crippen LogP contribution is 2.24. The second-order valence-electron chi connectivity index (χ2n) is 7.38. The predicted molar refractivity (Wildman–Crippen MR) is 102 cm³/mol. The molecule has 3 nitrogen and oxygen atoms in total. The maximum absolute atomic E-state index is 14.0. The molecule has 1 aliphatic heterocycles. The minimum absolute atomic E-state index is 0.0648. The van der Waals surface area contributed by atoms with E-state index in [2.05, 4.69) is 4.90 Å². The van der Waals surface area contributed by atoms with Crippen LogP contribution in [0.1, 0.15) is 29.5 Å². The van der Waals surface area contributed by atoms with Crippen LogP contribution in [0.3, 0.4) is 0 Å². The van der Waals surface area contributed by atoms with E-state index in [0.717, 1.165) is 61.3 Å². The van der Waals surface area contributed by atoms with Gasteiger partial charge < -0.3 is 9.84 Å². The largest absolute Gasteiger partial charge is 0.508 e. The van der Waals surface area contributed by atoms with E-state index in [1.165, 1.54) is 0 Å². The van der Waals surface area contributed by atoms with Crippen LogP contribution in [0.15, 0.2) is 36.4 Å². The number of nitrogens with zero attached hydrogens (tertiary/aromatic N) is 1. The molecule has 26 heavy (non-hydrogen) atoms. The van der Waals surface area contributed by atoms with Gasteiger partial charge in [0.25, 0.3) is 0 Å². The summed E-state index contributed by atoms with van der Waals surface area (Å²) in [6.45, 7) is 7.40. The summed E-state index contributed by atoms with van der Waals surface area (Å²) in [5.41, 5.74) is 2.65. The van der Waals surface area contributed by atoms with Crippen LogP contribution in [0.5, 0.6) is 11.5 Å². The standard InChI is InChI=1S/C22H28FNO2/c1-16-3-4-19(21(23)13-16)15-18-7-9-24(10-8-18)11-12-26-20-5-6-22(25)17(2)14-20/h3-6,13-14,18,25H,7-12,15H2,1-2H3. The van der Waals surface area contributed by atoms with Gasteiger partial charge in [0.15, 0.2) is 0 Å². The molecule has 1 saturated heterocycles. The van der Waals surface area contributed by atoms with Crippen molar-refractivity contribution in [3.63, 3.8) is 0 Å². The first-order valence-electron chi connectivity index (χ1n) is 9.41. The number of benzene rings is 2. The van der Waals surface area contributed by atoms with Crippen LogP contribution >= 0.6 is 0 Å². The topological polar surface area (TPSA) is 32.7 Å². The molecule has 0 aromatic heterocycles. The first kappa shape index (κ1) is 18.7. The van der Waals surface area contributed by atoms with Crippen molar-refractivity contribution >= 4 is 0 Å². The molecular weight excluding hydrogens is 329 g/mol. The Kier molecular flexibility index (Phi) is 6.15. The second kappa shape index (κ2) is 8.54. The van der Waals surface area contributed by atoms with Crippen LogP contribution < -0.4 is 4.74 Å². The van der Waals surface area contributed by atoms with Crippen molar-refractivity contribution in [2.45, 2.75) is 33.1 Å². The second-order valence-corrected chi connectivity index (χ2v) is 7.38. The van der Waals surface area contributed by atoms with Gasteiger partial charge in [0, 0.05) is 6.54 Å². The van der Waals surface area contributed by atoms with E-state index in [9.17, 15) is 9.50 Å². The number of piperidine rings is 1. The van der Waals surface area contributed by atoms with Crippen LogP contribution in [-0.2, 0) is 6.42 Å². The lowest BCUT2D eigenvalue weighted by Gasteiger charge is -2.32. The SMILES string of the molecule is Cc1ccc(CC2CCN(CCOc3ccc(O)c(C)c3)CC2)c(F)c1. The number of phenolic OH excluding ortho intramolecular Hbond substituents is 1. The van der Waals surface area contributed by atoms with Crippen molar-refractivity contribution in [1.82, 2.24) is 4.90 Å². The molecule has 0 radical (unpaired) electrons. The zero-order valence-corrected chi connectivity index (χ0v) is 15.7. The molecule has 0 aliphatic carbocycles. The number of rotatable bonds is 6. The summed E-state index contributed by atoms with van der Waals surface area (Å²) in [4.78, 5) is 2.41. The van der Waals surface area contributed by atoms with E-state index >= 15 is 0 Å². The average molecular weight is 357 g/mol. The zero-order chi connectivity index (χ0) is 18.5. The van der Waals surface area contributed by atoms with Crippen molar-refractivity contribution in [2.24, 2.45) is 5.92 Å². The highest BCUT2D eigenvalue weighted by molar-refractivity contribution is 5.38. The van der Waals surface area contributed by atoms with Crippen LogP contribution in [-0.4, -0.2) is 36.2 Å². The minimum Gasteiger partial charge on any atom is -0.508 e. The Morgan fingerprint density at radius 1 is 1.12 bits per heavy atom. The quantitative estimate of drug-likeness (QED) is 0.827. The minimum atomic E-state index is -0.0648. The van der Waals surface area contributed by atoms with Gasteiger partial charge in [0.2, 0.25) is 0 Å². The number of likely N-dealkylation sites (tertiary alicyclic amines) is 1. The van der Waals surface area contributed by atoms with Gasteiger partial charge in [0.1, 0.15) is 23.9 Å². The van der Waals surface area contributed by atoms with Crippen molar-refractivity contribution in [1.29, 1.82) is 0 Å². The van der Waals surface area contributed by atoms with Crippen LogP contribution in [0.4, 0.5) is 4.39 Å². The fourth-order valence-electron chi connectivity index (χ4n) is 3.55. The summed E-state index contributed by atoms with van der Waals surface area (Å²) in [7, 11) is 0. The Hall–Kier alpha value is -2.07. The lowest BCUT2D eigenvalue weighted by atomic mass is 9.89. The predicted octanol–water partition coefficient (Wildman–Crippen LogP) is 4.48. The third-order valence-corrected chi connectivity index (χ3v) is 5.27. The number of hydrogen-bond acceptors (Lipinski definition) is 3. The number of hydrogen-bond donors (Lipinski definition) is 1. The van der Waals surface area contributed by atoms with Gasteiger partial charge in [-0.05, 0) is 93.1 Å². The summed E-state index contributed by atoms with van der Waals surface area (Å²) < 4.78 is 19.8. The Labute approximate surface area is 155 Å². The van der Waals surface area contributed by atoms with Gasteiger partial charge in [-0.2, -0.15) is 0 Å². The monoisotopic (exact) mass is 357 g/mol. The number of halogens is 1. The molecule has 1 heterocycles. The van der Waals surface area contributed by atoms with E-state index in [1.54, 1.807) is 18.2 Å². The molecule has 1 fully saturated rings. The molecule has 0 atom stereocenters. The number of aryl methyl sites for hydroxylation is 2. The summed E-state index contributed by atoms with van der Waals surface area (Å²) in [5, 5.41) is 9.55. The Balaban J connectivity index is 1.40. The fourth-order valence-corrected chi connectivity index (χ4v) is 3.55. The summed E-state index contributed by atoms with van der Waals surface area (Å²) in [6, 6.07) is 10.9. The van der Waals surface area contributed by atoms with E-state index in [4.69, 9.17) is 4.74 Å². The maximum Gasteiger partial charge on any atom is 0.126 e. The Morgan fingerprint density at radius 3 is 2.58 bits per heavy atom. The number of ether oxygens (including phenoxy) is 1. The van der Waals surface area contributed by atoms with Crippen molar-refractivity contribution in [2.75, 3.05) is 26.2 Å². The maximum atomic E-state index is 14.0. The van der Waals surface area contributed by atoms with Gasteiger partial charge in [-0.1, -0.05) is 12.1 Å². The highest BCUT2D eigenvalue weighted by atomic mass is 19.1. The molecule has 0 amide bonds. The van der Waals surface area contributed by atoms with Crippen LogP contribution in [0.25, 0.3) is 0 Å².